The lowest BCUT2D eigenvalue weighted by atomic mass is 10.0. The molecule has 0 saturated carbocycles. The zero-order chi connectivity index (χ0) is 10.6. The topological polar surface area (TPSA) is 75.4 Å². The molecule has 1 unspecified atom stereocenters. The van der Waals surface area contributed by atoms with Gasteiger partial charge in [0.25, 0.3) is 0 Å². The molecule has 0 aromatic heterocycles. The molecule has 0 bridgehead atoms. The van der Waals surface area contributed by atoms with Gasteiger partial charge in [-0.1, -0.05) is 6.42 Å². The number of carbonyl (C=O) groups is 2. The van der Waals surface area contributed by atoms with E-state index in [1.165, 1.54) is 0 Å². The quantitative estimate of drug-likeness (QED) is 0.616. The van der Waals surface area contributed by atoms with E-state index in [-0.39, 0.29) is 24.4 Å². The highest BCUT2D eigenvalue weighted by molar-refractivity contribution is 5.83. The molecule has 0 radical (unpaired) electrons. The van der Waals surface area contributed by atoms with Crippen molar-refractivity contribution < 1.29 is 9.59 Å². The number of likely N-dealkylation sites (N-methyl/N-ethyl adjacent to an activating group) is 1. The van der Waals surface area contributed by atoms with E-state index < -0.39 is 0 Å². The lowest BCUT2D eigenvalue weighted by molar-refractivity contribution is -0.129. The highest BCUT2D eigenvalue weighted by atomic mass is 16.2. The molecule has 5 nitrogen and oxygen atoms in total. The van der Waals surface area contributed by atoms with Crippen LogP contribution in [0.2, 0.25) is 0 Å². The number of hydrogen-bond acceptors (Lipinski definition) is 3. The highest BCUT2D eigenvalue weighted by Gasteiger charge is 2.28. The molecule has 0 aliphatic carbocycles. The third-order valence-corrected chi connectivity index (χ3v) is 2.52. The molecule has 1 aliphatic heterocycles. The number of rotatable bonds is 3. The number of piperidine rings is 1. The van der Waals surface area contributed by atoms with Crippen molar-refractivity contribution in [2.45, 2.75) is 25.3 Å². The summed E-state index contributed by atoms with van der Waals surface area (Å²) in [4.78, 5) is 24.1. The SMILES string of the molecule is CNC(=O)C1CCCCN1CC(N)=O. The van der Waals surface area contributed by atoms with Gasteiger partial charge in [0.15, 0.2) is 0 Å². The van der Waals surface area contributed by atoms with Crippen LogP contribution in [0.1, 0.15) is 19.3 Å². The van der Waals surface area contributed by atoms with Gasteiger partial charge in [0, 0.05) is 7.05 Å². The molecule has 1 fully saturated rings. The van der Waals surface area contributed by atoms with E-state index in [2.05, 4.69) is 5.32 Å². The summed E-state index contributed by atoms with van der Waals surface area (Å²) in [5.74, 6) is -0.397. The minimum atomic E-state index is -0.374. The molecule has 1 saturated heterocycles. The standard InChI is InChI=1S/C9H17N3O2/c1-11-9(14)7-4-2-3-5-12(7)6-8(10)13/h7H,2-6H2,1H3,(H2,10,13)(H,11,14). The van der Waals surface area contributed by atoms with Crippen LogP contribution in [0.4, 0.5) is 0 Å². The summed E-state index contributed by atoms with van der Waals surface area (Å²) in [5.41, 5.74) is 5.11. The molecular formula is C9H17N3O2. The zero-order valence-corrected chi connectivity index (χ0v) is 8.45. The Morgan fingerprint density at radius 1 is 1.50 bits per heavy atom. The fourth-order valence-corrected chi connectivity index (χ4v) is 1.84. The average Bonchev–Trinajstić information content (AvgIpc) is 2.16. The van der Waals surface area contributed by atoms with Gasteiger partial charge in [0.05, 0.1) is 12.6 Å². The summed E-state index contributed by atoms with van der Waals surface area (Å²) in [6.07, 6.45) is 2.88. The van der Waals surface area contributed by atoms with Crippen molar-refractivity contribution in [3.8, 4) is 0 Å². The first-order valence-electron chi connectivity index (χ1n) is 4.89. The first-order chi connectivity index (χ1) is 6.65. The van der Waals surface area contributed by atoms with E-state index in [1.54, 1.807) is 7.05 Å². The van der Waals surface area contributed by atoms with Crippen LogP contribution in [-0.2, 0) is 9.59 Å². The number of nitrogens with two attached hydrogens (primary N) is 1. The lowest BCUT2D eigenvalue weighted by Crippen LogP contribution is -2.51. The molecule has 0 spiro atoms. The van der Waals surface area contributed by atoms with Gasteiger partial charge in [-0.25, -0.2) is 0 Å². The molecule has 1 heterocycles. The van der Waals surface area contributed by atoms with Crippen LogP contribution >= 0.6 is 0 Å². The maximum absolute atomic E-state index is 11.5. The van der Waals surface area contributed by atoms with Gasteiger partial charge in [-0.15, -0.1) is 0 Å². The molecule has 14 heavy (non-hydrogen) atoms. The summed E-state index contributed by atoms with van der Waals surface area (Å²) >= 11 is 0. The third-order valence-electron chi connectivity index (χ3n) is 2.52. The molecule has 3 N–H and O–H groups in total. The zero-order valence-electron chi connectivity index (χ0n) is 8.45. The van der Waals surface area contributed by atoms with Crippen LogP contribution in [0, 0.1) is 0 Å². The van der Waals surface area contributed by atoms with Gasteiger partial charge in [0.1, 0.15) is 0 Å². The van der Waals surface area contributed by atoms with Gasteiger partial charge in [0.2, 0.25) is 11.8 Å². The van der Waals surface area contributed by atoms with Crippen LogP contribution in [0.15, 0.2) is 0 Å². The Kier molecular flexibility index (Phi) is 3.88. The fourth-order valence-electron chi connectivity index (χ4n) is 1.84. The Labute approximate surface area is 83.6 Å². The molecule has 1 aliphatic rings. The summed E-state index contributed by atoms with van der Waals surface area (Å²) < 4.78 is 0. The van der Waals surface area contributed by atoms with Crippen molar-refractivity contribution in [3.63, 3.8) is 0 Å². The average molecular weight is 199 g/mol. The fraction of sp³-hybridized carbons (Fsp3) is 0.778. The summed E-state index contributed by atoms with van der Waals surface area (Å²) in [7, 11) is 1.61. The minimum Gasteiger partial charge on any atom is -0.369 e. The van der Waals surface area contributed by atoms with Crippen LogP contribution in [0.25, 0.3) is 0 Å². The van der Waals surface area contributed by atoms with Crippen LogP contribution < -0.4 is 11.1 Å². The molecule has 1 rings (SSSR count). The van der Waals surface area contributed by atoms with E-state index in [0.29, 0.717) is 0 Å². The van der Waals surface area contributed by atoms with Crippen molar-refractivity contribution in [2.75, 3.05) is 20.1 Å². The molecule has 2 amide bonds. The Morgan fingerprint density at radius 2 is 2.21 bits per heavy atom. The predicted octanol–water partition coefficient (Wildman–Crippen LogP) is -0.928. The number of carbonyl (C=O) groups excluding carboxylic acids is 2. The summed E-state index contributed by atoms with van der Waals surface area (Å²) in [6, 6.07) is -0.179. The summed E-state index contributed by atoms with van der Waals surface area (Å²) in [6.45, 7) is 0.957. The van der Waals surface area contributed by atoms with Gasteiger partial charge in [-0.2, -0.15) is 0 Å². The highest BCUT2D eigenvalue weighted by Crippen LogP contribution is 2.16. The monoisotopic (exact) mass is 199 g/mol. The van der Waals surface area contributed by atoms with Crippen LogP contribution in [0.3, 0.4) is 0 Å². The number of hydrogen-bond donors (Lipinski definition) is 2. The molecule has 5 heteroatoms. The maximum Gasteiger partial charge on any atom is 0.237 e. The van der Waals surface area contributed by atoms with E-state index in [0.717, 1.165) is 25.8 Å². The second-order valence-electron chi connectivity index (χ2n) is 3.56. The molecule has 1 atom stereocenters. The molecule has 0 aromatic rings. The predicted molar refractivity (Wildman–Crippen MR) is 52.5 cm³/mol. The summed E-state index contributed by atoms with van der Waals surface area (Å²) in [5, 5.41) is 2.61. The maximum atomic E-state index is 11.5. The van der Waals surface area contributed by atoms with E-state index in [9.17, 15) is 9.59 Å². The van der Waals surface area contributed by atoms with E-state index in [1.807, 2.05) is 4.90 Å². The van der Waals surface area contributed by atoms with Crippen molar-refractivity contribution in [2.24, 2.45) is 5.73 Å². The Balaban J connectivity index is 2.58. The number of amides is 2. The van der Waals surface area contributed by atoms with E-state index >= 15 is 0 Å². The Morgan fingerprint density at radius 3 is 2.79 bits per heavy atom. The van der Waals surface area contributed by atoms with Crippen molar-refractivity contribution in [1.82, 2.24) is 10.2 Å². The second-order valence-corrected chi connectivity index (χ2v) is 3.56. The van der Waals surface area contributed by atoms with Crippen LogP contribution in [-0.4, -0.2) is 42.9 Å². The van der Waals surface area contributed by atoms with Crippen molar-refractivity contribution in [1.29, 1.82) is 0 Å². The van der Waals surface area contributed by atoms with E-state index in [4.69, 9.17) is 5.73 Å². The Bertz CT molecular complexity index is 230. The minimum absolute atomic E-state index is 0.0223. The van der Waals surface area contributed by atoms with Gasteiger partial charge < -0.3 is 11.1 Å². The third kappa shape index (κ3) is 2.70. The Hall–Kier alpha value is -1.10. The molecular weight excluding hydrogens is 182 g/mol. The van der Waals surface area contributed by atoms with Gasteiger partial charge in [-0.05, 0) is 19.4 Å². The number of nitrogens with zero attached hydrogens (tertiary/aromatic N) is 1. The molecule has 0 aromatic carbocycles. The van der Waals surface area contributed by atoms with Crippen molar-refractivity contribution in [3.05, 3.63) is 0 Å². The molecule has 80 valence electrons. The van der Waals surface area contributed by atoms with Gasteiger partial charge >= 0.3 is 0 Å². The van der Waals surface area contributed by atoms with Crippen LogP contribution in [0.5, 0.6) is 0 Å². The number of primary amides is 1. The lowest BCUT2D eigenvalue weighted by Gasteiger charge is -2.33. The smallest absolute Gasteiger partial charge is 0.237 e. The second kappa shape index (κ2) is 4.95. The normalized spacial score (nSPS) is 23.1. The van der Waals surface area contributed by atoms with Gasteiger partial charge in [-0.3, -0.25) is 14.5 Å². The first-order valence-corrected chi connectivity index (χ1v) is 4.89. The largest absolute Gasteiger partial charge is 0.369 e. The first kappa shape index (κ1) is 11.0. The van der Waals surface area contributed by atoms with Crippen molar-refractivity contribution >= 4 is 11.8 Å². The number of nitrogens with one attached hydrogen (secondary N) is 1. The number of likely N-dealkylation sites (tertiary alicyclic amines) is 1.